The summed E-state index contributed by atoms with van der Waals surface area (Å²) in [5, 5.41) is 28.0. The van der Waals surface area contributed by atoms with Crippen LogP contribution in [0, 0.1) is 0 Å². The number of nitrogens with zero attached hydrogens (tertiary/aromatic N) is 1. The van der Waals surface area contributed by atoms with Crippen LogP contribution in [-0.2, 0) is 33.3 Å². The van der Waals surface area contributed by atoms with Crippen LogP contribution in [0.4, 0.5) is 14.4 Å². The fraction of sp³-hybridized carbons (Fsp3) is 0.652. The average Bonchev–Trinajstić information content (AvgIpc) is 3.17. The Labute approximate surface area is 224 Å². The number of alkyl carbamates (subject to hydrolysis) is 1. The van der Waals surface area contributed by atoms with E-state index in [4.69, 9.17) is 18.9 Å². The van der Waals surface area contributed by atoms with Crippen molar-refractivity contribution in [1.29, 1.82) is 0 Å². The van der Waals surface area contributed by atoms with Gasteiger partial charge in [0, 0.05) is 6.92 Å². The van der Waals surface area contributed by atoms with Gasteiger partial charge in [-0.1, -0.05) is 0 Å². The van der Waals surface area contributed by atoms with Crippen LogP contribution in [0.15, 0.2) is 16.8 Å². The maximum atomic E-state index is 12.5. The van der Waals surface area contributed by atoms with Gasteiger partial charge in [-0.15, -0.1) is 4.99 Å². The van der Waals surface area contributed by atoms with Gasteiger partial charge < -0.3 is 44.5 Å². The second-order valence-corrected chi connectivity index (χ2v) is 10.6. The zero-order valence-electron chi connectivity index (χ0n) is 22.6. The number of guanidine groups is 1. The Morgan fingerprint density at radius 1 is 1.05 bits per heavy atom. The number of hydrogen-bond acceptors (Lipinski definition) is 11. The molecule has 0 saturated carbocycles. The van der Waals surface area contributed by atoms with Crippen molar-refractivity contribution >= 4 is 36.2 Å². The topological polar surface area (TPSA) is 220 Å². The van der Waals surface area contributed by atoms with Crippen molar-refractivity contribution in [2.75, 3.05) is 6.61 Å². The first-order chi connectivity index (χ1) is 17.8. The highest BCUT2D eigenvalue weighted by Gasteiger charge is 2.47. The molecule has 5 atom stereocenters. The highest BCUT2D eigenvalue weighted by Crippen LogP contribution is 2.26. The smallest absolute Gasteiger partial charge is 0.478 e. The van der Waals surface area contributed by atoms with Crippen molar-refractivity contribution in [3.8, 4) is 0 Å². The quantitative estimate of drug-likeness (QED) is 0.135. The average molecular weight is 559 g/mol. The van der Waals surface area contributed by atoms with Gasteiger partial charge in [0.25, 0.3) is 0 Å². The van der Waals surface area contributed by atoms with Crippen LogP contribution in [0.1, 0.15) is 48.5 Å². The predicted octanol–water partition coefficient (Wildman–Crippen LogP) is 0.529. The highest BCUT2D eigenvalue weighted by molar-refractivity contribution is 5.99. The molecule has 2 rings (SSSR count). The molecule has 0 aromatic heterocycles. The number of carbonyl (C=O) groups is 5. The van der Waals surface area contributed by atoms with E-state index in [9.17, 15) is 34.2 Å². The molecule has 0 aliphatic carbocycles. The Kier molecular flexibility index (Phi) is 9.73. The number of aliphatic carboxylic acids is 1. The van der Waals surface area contributed by atoms with E-state index >= 15 is 0 Å². The zero-order valence-corrected chi connectivity index (χ0v) is 22.6. The Bertz CT molecular complexity index is 1040. The number of hydrogen-bond donors (Lipinski definition) is 5. The zero-order chi connectivity index (χ0) is 29.7. The van der Waals surface area contributed by atoms with Gasteiger partial charge in [0.1, 0.15) is 23.9 Å². The lowest BCUT2D eigenvalue weighted by atomic mass is 9.92. The third-order valence-electron chi connectivity index (χ3n) is 4.77. The molecule has 2 aliphatic heterocycles. The summed E-state index contributed by atoms with van der Waals surface area (Å²) in [5.41, 5.74) is -1.87. The summed E-state index contributed by atoms with van der Waals surface area (Å²) in [4.78, 5) is 63.9. The number of rotatable bonds is 5. The minimum atomic E-state index is -1.68. The largest absolute Gasteiger partial charge is 0.508 e. The lowest BCUT2D eigenvalue weighted by Crippen LogP contribution is -2.64. The highest BCUT2D eigenvalue weighted by atomic mass is 16.8. The molecule has 218 valence electrons. The molecule has 16 nitrogen and oxygen atoms in total. The lowest BCUT2D eigenvalue weighted by molar-refractivity contribution is -0.144. The number of nitrogens with one attached hydrogen (secondary N) is 3. The Balaban J connectivity index is 2.48. The molecule has 5 N–H and O–H groups in total. The first-order valence-electron chi connectivity index (χ1n) is 11.8. The first kappa shape index (κ1) is 31.1. The third-order valence-corrected chi connectivity index (χ3v) is 4.77. The van der Waals surface area contributed by atoms with E-state index in [1.807, 2.05) is 0 Å². The number of ether oxygens (including phenoxy) is 5. The Morgan fingerprint density at radius 3 is 2.15 bits per heavy atom. The van der Waals surface area contributed by atoms with Gasteiger partial charge in [0.05, 0.1) is 12.1 Å². The van der Waals surface area contributed by atoms with Gasteiger partial charge in [-0.3, -0.25) is 10.1 Å². The second-order valence-electron chi connectivity index (χ2n) is 10.6. The summed E-state index contributed by atoms with van der Waals surface area (Å²) >= 11 is 0. The van der Waals surface area contributed by atoms with Crippen molar-refractivity contribution in [2.24, 2.45) is 4.99 Å². The number of carboxylic acids is 1. The summed E-state index contributed by atoms with van der Waals surface area (Å²) in [5.74, 6) is -3.32. The van der Waals surface area contributed by atoms with Crippen molar-refractivity contribution in [2.45, 2.75) is 90.1 Å². The number of cyclic esters (lactones) is 2. The molecule has 1 saturated heterocycles. The van der Waals surface area contributed by atoms with Gasteiger partial charge in [-0.25, -0.2) is 19.2 Å². The van der Waals surface area contributed by atoms with Crippen LogP contribution in [0.2, 0.25) is 0 Å². The molecule has 1 unspecified atom stereocenters. The number of aliphatic imine (C=N–C) groups is 1. The third kappa shape index (κ3) is 9.96. The fourth-order valence-electron chi connectivity index (χ4n) is 3.42. The molecule has 16 heteroatoms. The molecular formula is C23H34N4O12. The van der Waals surface area contributed by atoms with E-state index in [1.165, 1.54) is 0 Å². The van der Waals surface area contributed by atoms with E-state index in [1.54, 1.807) is 41.5 Å². The Hall–Kier alpha value is -4.08. The molecule has 2 heterocycles. The monoisotopic (exact) mass is 558 g/mol. The molecule has 0 aromatic rings. The normalized spacial score (nSPS) is 24.2. The number of carboxylic acid groups (broad SMARTS) is 1. The van der Waals surface area contributed by atoms with Gasteiger partial charge in [0.15, 0.2) is 12.2 Å². The first-order valence-corrected chi connectivity index (χ1v) is 11.8. The van der Waals surface area contributed by atoms with E-state index in [2.05, 4.69) is 25.7 Å². The molecule has 1 fully saturated rings. The standard InChI is InChI=1S/C23H34N4O12/c1-10(28)24-14-11(8-12(17(30)31)36-16(14)15(29)13-9-35-21(34)37-13)25-18(26-19(32)38-22(2,3)4)27-20(33)39-23(5,6)7/h8,11,13-16,29H,9H2,1-7H3,(H,24,28)(H,30,31)(H2,25,26,27,32,33)/t11-,13+,14+,15?,16+/m0/s1. The van der Waals surface area contributed by atoms with Crippen LogP contribution < -0.4 is 16.0 Å². The molecular weight excluding hydrogens is 524 g/mol. The van der Waals surface area contributed by atoms with Gasteiger partial charge in [-0.2, -0.15) is 0 Å². The van der Waals surface area contributed by atoms with Crippen molar-refractivity contribution in [3.05, 3.63) is 11.8 Å². The van der Waals surface area contributed by atoms with Crippen LogP contribution in [0.3, 0.4) is 0 Å². The molecule has 3 amide bonds. The lowest BCUT2D eigenvalue weighted by Gasteiger charge is -2.40. The Morgan fingerprint density at radius 2 is 1.67 bits per heavy atom. The van der Waals surface area contributed by atoms with Crippen LogP contribution in [0.25, 0.3) is 0 Å². The molecule has 0 aromatic carbocycles. The maximum Gasteiger partial charge on any atom is 0.508 e. The number of aliphatic hydroxyl groups is 1. The van der Waals surface area contributed by atoms with Gasteiger partial charge in [0.2, 0.25) is 17.6 Å². The predicted molar refractivity (Wildman–Crippen MR) is 130 cm³/mol. The van der Waals surface area contributed by atoms with Crippen LogP contribution >= 0.6 is 0 Å². The van der Waals surface area contributed by atoms with Gasteiger partial charge >= 0.3 is 24.3 Å². The van der Waals surface area contributed by atoms with Crippen molar-refractivity contribution < 1.29 is 57.9 Å². The van der Waals surface area contributed by atoms with E-state index in [0.717, 1.165) is 13.0 Å². The van der Waals surface area contributed by atoms with E-state index in [-0.39, 0.29) is 6.61 Å². The summed E-state index contributed by atoms with van der Waals surface area (Å²) in [7, 11) is 0. The summed E-state index contributed by atoms with van der Waals surface area (Å²) < 4.78 is 25.4. The molecule has 0 bridgehead atoms. The number of carbonyl (C=O) groups excluding carboxylic acids is 4. The van der Waals surface area contributed by atoms with E-state index in [0.29, 0.717) is 0 Å². The molecule has 0 radical (unpaired) electrons. The van der Waals surface area contributed by atoms with Crippen LogP contribution in [-0.4, -0.2) is 94.6 Å². The van der Waals surface area contributed by atoms with Crippen LogP contribution in [0.5, 0.6) is 0 Å². The molecule has 2 aliphatic rings. The number of aliphatic hydroxyl groups excluding tert-OH is 1. The fourth-order valence-corrected chi connectivity index (χ4v) is 3.42. The summed E-state index contributed by atoms with van der Waals surface area (Å²) in [6.07, 6.45) is -6.58. The van der Waals surface area contributed by atoms with Crippen molar-refractivity contribution in [3.63, 3.8) is 0 Å². The number of amides is 3. The molecule has 0 spiro atoms. The van der Waals surface area contributed by atoms with Gasteiger partial charge in [-0.05, 0) is 47.6 Å². The van der Waals surface area contributed by atoms with E-state index < -0.39 is 83.5 Å². The minimum absolute atomic E-state index is 0.359. The second kappa shape index (κ2) is 12.2. The van der Waals surface area contributed by atoms with Crippen molar-refractivity contribution in [1.82, 2.24) is 16.0 Å². The minimum Gasteiger partial charge on any atom is -0.478 e. The molecule has 39 heavy (non-hydrogen) atoms. The SMILES string of the molecule is CC(=O)N[C@@H]1[C@@H](NC(=NC(=O)OC(C)(C)C)NC(=O)OC(C)(C)C)C=C(C(=O)O)O[C@H]1C(O)[C@H]1COC(=O)O1. The maximum absolute atomic E-state index is 12.5. The summed E-state index contributed by atoms with van der Waals surface area (Å²) in [6.45, 7) is 10.4. The summed E-state index contributed by atoms with van der Waals surface area (Å²) in [6, 6.07) is -2.51.